The monoisotopic (exact) mass is 138 g/mol. The van der Waals surface area contributed by atoms with Crippen LogP contribution in [0.5, 0.6) is 0 Å². The third-order valence-corrected chi connectivity index (χ3v) is 0. The predicted octanol–water partition coefficient (Wildman–Crippen LogP) is -3.47. The largest absolute Gasteiger partial charge is 1.00 e. The number of hydrogen-bond acceptors (Lipinski definition) is 3. The maximum Gasteiger partial charge on any atom is 1.00 e. The van der Waals surface area contributed by atoms with Gasteiger partial charge in [-0.25, -0.2) is 4.79 Å². The van der Waals surface area contributed by atoms with Crippen molar-refractivity contribution in [1.82, 2.24) is 0 Å². The molecule has 0 spiro atoms. The van der Waals surface area contributed by atoms with E-state index in [4.69, 9.17) is 25.5 Å². The summed E-state index contributed by atoms with van der Waals surface area (Å²) in [6, 6.07) is 0. The topological polar surface area (TPSA) is 129 Å². The smallest absolute Gasteiger partial charge is 1.00 e. The number of hydrogen-bond donors (Lipinski definition) is 4. The minimum Gasteiger partial charge on any atom is -1.00 e. The maximum absolute atomic E-state index is 8.56. The van der Waals surface area contributed by atoms with Crippen molar-refractivity contribution in [3.63, 3.8) is 0 Å². The summed E-state index contributed by atoms with van der Waals surface area (Å²) in [6.45, 7) is 0. The molecule has 0 aromatic heterocycles. The van der Waals surface area contributed by atoms with E-state index in [1.807, 2.05) is 0 Å². The minimum absolute atomic E-state index is 0. The molecule has 0 saturated carbocycles. The minimum atomic E-state index is -1.83. The summed E-state index contributed by atoms with van der Waals surface area (Å²) in [4.78, 5) is 8.56. The SMILES string of the molecule is O.O=C(O)O.OO.[H-].[Na+]. The molecule has 0 heterocycles. The van der Waals surface area contributed by atoms with E-state index < -0.39 is 6.16 Å². The summed E-state index contributed by atoms with van der Waals surface area (Å²) >= 11 is 0. The van der Waals surface area contributed by atoms with Gasteiger partial charge in [0.1, 0.15) is 0 Å². The maximum atomic E-state index is 8.56. The van der Waals surface area contributed by atoms with Gasteiger partial charge in [0.25, 0.3) is 0 Å². The third kappa shape index (κ3) is 7250. The van der Waals surface area contributed by atoms with Crippen LogP contribution in [0.2, 0.25) is 0 Å². The second-order valence-electron chi connectivity index (χ2n) is 0.283. The molecule has 0 aliphatic rings. The number of carbonyl (C=O) groups is 1. The van der Waals surface area contributed by atoms with Crippen LogP contribution in [0.3, 0.4) is 0 Å². The Morgan fingerprint density at radius 2 is 1.25 bits per heavy atom. The molecule has 0 atom stereocenters. The summed E-state index contributed by atoms with van der Waals surface area (Å²) in [5.74, 6) is 0. The molecule has 48 valence electrons. The Kier molecular flexibility index (Phi) is 82.4. The van der Waals surface area contributed by atoms with E-state index >= 15 is 0 Å². The second-order valence-corrected chi connectivity index (χ2v) is 0.283. The number of carboxylic acid groups (broad SMARTS) is 2. The van der Waals surface area contributed by atoms with Gasteiger partial charge in [-0.15, -0.1) is 0 Å². The van der Waals surface area contributed by atoms with Crippen molar-refractivity contribution in [2.45, 2.75) is 0 Å². The average molecular weight is 138 g/mol. The molecule has 0 aliphatic heterocycles. The molecule has 7 heteroatoms. The Balaban J connectivity index is -0.00000000990. The van der Waals surface area contributed by atoms with E-state index in [2.05, 4.69) is 0 Å². The Morgan fingerprint density at radius 3 is 1.25 bits per heavy atom. The van der Waals surface area contributed by atoms with Gasteiger partial charge in [0.15, 0.2) is 0 Å². The molecule has 6 nitrogen and oxygen atoms in total. The van der Waals surface area contributed by atoms with Crippen LogP contribution >= 0.6 is 0 Å². The Labute approximate surface area is 68.4 Å². The van der Waals surface area contributed by atoms with E-state index in [-0.39, 0.29) is 36.5 Å². The summed E-state index contributed by atoms with van der Waals surface area (Å²) in [5.41, 5.74) is 0. The standard InChI is InChI=1S/CH2O3.Na.H2O2.H2O.H/c2-1(3)4;;1-2;;/h(H2,2,3,4);;1-2H;1H2;/q;+1;;;-1. The van der Waals surface area contributed by atoms with Crippen molar-refractivity contribution in [2.24, 2.45) is 0 Å². The molecule has 0 bridgehead atoms. The van der Waals surface area contributed by atoms with E-state index in [0.29, 0.717) is 0 Å². The molecule has 6 N–H and O–H groups in total. The van der Waals surface area contributed by atoms with Crippen LogP contribution in [-0.4, -0.2) is 32.4 Å². The molecule has 0 amide bonds. The Hall–Kier alpha value is 0.150. The van der Waals surface area contributed by atoms with Crippen LogP contribution in [0.15, 0.2) is 0 Å². The summed E-state index contributed by atoms with van der Waals surface area (Å²) in [6.07, 6.45) is -1.83. The van der Waals surface area contributed by atoms with Crippen LogP contribution in [0.1, 0.15) is 1.43 Å². The Morgan fingerprint density at radius 1 is 1.25 bits per heavy atom. The van der Waals surface area contributed by atoms with E-state index in [0.717, 1.165) is 0 Å². The summed E-state index contributed by atoms with van der Waals surface area (Å²) in [5, 5.41) is 25.9. The Bertz CT molecular complexity index is 36.0. The van der Waals surface area contributed by atoms with Gasteiger partial charge in [0.2, 0.25) is 0 Å². The fourth-order valence-corrected chi connectivity index (χ4v) is 0. The average Bonchev–Trinajstić information content (AvgIpc) is 1.41. The zero-order valence-electron chi connectivity index (χ0n) is 5.20. The fourth-order valence-electron chi connectivity index (χ4n) is 0. The van der Waals surface area contributed by atoms with E-state index in [1.165, 1.54) is 0 Å². The first-order valence-corrected chi connectivity index (χ1v) is 0.851. The molecule has 0 rings (SSSR count). The van der Waals surface area contributed by atoms with Crippen molar-refractivity contribution in [2.75, 3.05) is 0 Å². The molecule has 0 fully saturated rings. The first-order valence-electron chi connectivity index (χ1n) is 0.851. The number of rotatable bonds is 0. The van der Waals surface area contributed by atoms with Gasteiger partial charge in [0.05, 0.1) is 0 Å². The van der Waals surface area contributed by atoms with Crippen molar-refractivity contribution >= 4 is 6.16 Å². The third-order valence-electron chi connectivity index (χ3n) is 0. The molecule has 0 aromatic rings. The zero-order valence-corrected chi connectivity index (χ0v) is 6.20. The second kappa shape index (κ2) is 27.3. The van der Waals surface area contributed by atoms with Gasteiger partial charge in [-0.2, -0.15) is 0 Å². The first-order chi connectivity index (χ1) is 2.73. The quantitative estimate of drug-likeness (QED) is 0.157. The van der Waals surface area contributed by atoms with Crippen molar-refractivity contribution in [1.29, 1.82) is 0 Å². The molecule has 8 heavy (non-hydrogen) atoms. The molecular weight excluding hydrogens is 131 g/mol. The van der Waals surface area contributed by atoms with Crippen LogP contribution in [-0.2, 0) is 0 Å². The molecule has 0 saturated heterocycles. The van der Waals surface area contributed by atoms with Crippen LogP contribution in [0, 0.1) is 0 Å². The zero-order chi connectivity index (χ0) is 5.58. The van der Waals surface area contributed by atoms with Gasteiger partial charge in [0, 0.05) is 0 Å². The van der Waals surface area contributed by atoms with Crippen molar-refractivity contribution < 1.29 is 62.0 Å². The molecule has 0 unspecified atom stereocenters. The molecule has 0 aliphatic carbocycles. The van der Waals surface area contributed by atoms with Crippen LogP contribution in [0.4, 0.5) is 4.79 Å². The van der Waals surface area contributed by atoms with Gasteiger partial charge in [-0.05, 0) is 0 Å². The van der Waals surface area contributed by atoms with Crippen LogP contribution < -0.4 is 29.6 Å². The van der Waals surface area contributed by atoms with Gasteiger partial charge >= 0.3 is 35.7 Å². The van der Waals surface area contributed by atoms with Gasteiger partial charge < -0.3 is 17.1 Å². The van der Waals surface area contributed by atoms with Crippen molar-refractivity contribution in [3.8, 4) is 0 Å². The normalized spacial score (nSPS) is 3.75. The van der Waals surface area contributed by atoms with Gasteiger partial charge in [-0.3, -0.25) is 10.5 Å². The van der Waals surface area contributed by atoms with E-state index in [9.17, 15) is 0 Å². The first kappa shape index (κ1) is 24.2. The predicted molar refractivity (Wildman–Crippen MR) is 20.6 cm³/mol. The molecule has 0 aromatic carbocycles. The van der Waals surface area contributed by atoms with E-state index in [1.54, 1.807) is 0 Å². The fraction of sp³-hybridized carbons (Fsp3) is 0. The van der Waals surface area contributed by atoms with Crippen LogP contribution in [0.25, 0.3) is 0 Å². The molecule has 0 radical (unpaired) electrons. The summed E-state index contributed by atoms with van der Waals surface area (Å²) < 4.78 is 0. The van der Waals surface area contributed by atoms with Gasteiger partial charge in [-0.1, -0.05) is 0 Å². The summed E-state index contributed by atoms with van der Waals surface area (Å²) in [7, 11) is 0. The molecular formula is CH7NaO6. The van der Waals surface area contributed by atoms with Crippen molar-refractivity contribution in [3.05, 3.63) is 0 Å².